The number of aromatic nitrogens is 3. The minimum absolute atomic E-state index is 0.474. The summed E-state index contributed by atoms with van der Waals surface area (Å²) in [5.74, 6) is 2.92. The zero-order chi connectivity index (χ0) is 19.9. The zero-order valence-corrected chi connectivity index (χ0v) is 17.7. The largest absolute Gasteiger partial charge is 0.359 e. The lowest BCUT2D eigenvalue weighted by atomic mass is 9.99. The van der Waals surface area contributed by atoms with Crippen molar-refractivity contribution >= 4 is 5.96 Å². The van der Waals surface area contributed by atoms with Crippen molar-refractivity contribution in [1.29, 1.82) is 0 Å². The van der Waals surface area contributed by atoms with Gasteiger partial charge in [-0.15, -0.1) is 0 Å². The van der Waals surface area contributed by atoms with E-state index in [9.17, 15) is 0 Å². The molecule has 1 aliphatic rings. The third kappa shape index (κ3) is 5.14. The predicted molar refractivity (Wildman–Crippen MR) is 111 cm³/mol. The number of hydrogen-bond donors (Lipinski definition) is 1. The van der Waals surface area contributed by atoms with Gasteiger partial charge in [0.05, 0.1) is 11.9 Å². The number of hydrogen-bond acceptors (Lipinski definition) is 4. The SMILES string of the molecule is CCNC(=NCc1cc(C(CC)CC)no1)N1CCC(Cc2cnn(C)c2)C1. The minimum atomic E-state index is 0.474. The van der Waals surface area contributed by atoms with Gasteiger partial charge in [-0.1, -0.05) is 19.0 Å². The fourth-order valence-electron chi connectivity index (χ4n) is 3.98. The standard InChI is InChI=1S/C21H34N6O/c1-5-18(6-2)20-11-19(28-25-20)13-23-21(22-7-3)27-9-8-16(15-27)10-17-12-24-26(4)14-17/h11-12,14,16,18H,5-10,13,15H2,1-4H3,(H,22,23). The van der Waals surface area contributed by atoms with Crippen LogP contribution in [0.3, 0.4) is 0 Å². The molecule has 2 aromatic rings. The van der Waals surface area contributed by atoms with Crippen LogP contribution in [0.1, 0.15) is 63.0 Å². The summed E-state index contributed by atoms with van der Waals surface area (Å²) in [6.45, 7) is 9.94. The van der Waals surface area contributed by atoms with Gasteiger partial charge in [-0.05, 0) is 44.1 Å². The Labute approximate surface area is 168 Å². The molecule has 1 unspecified atom stereocenters. The van der Waals surface area contributed by atoms with Crippen molar-refractivity contribution in [2.75, 3.05) is 19.6 Å². The molecular formula is C21H34N6O. The van der Waals surface area contributed by atoms with E-state index in [-0.39, 0.29) is 0 Å². The van der Waals surface area contributed by atoms with Crippen molar-refractivity contribution < 1.29 is 4.52 Å². The fourth-order valence-corrected chi connectivity index (χ4v) is 3.98. The van der Waals surface area contributed by atoms with Gasteiger partial charge in [0, 0.05) is 44.9 Å². The molecule has 7 nitrogen and oxygen atoms in total. The van der Waals surface area contributed by atoms with Crippen molar-refractivity contribution in [1.82, 2.24) is 25.2 Å². The van der Waals surface area contributed by atoms with Crippen LogP contribution in [-0.2, 0) is 20.0 Å². The normalized spacial score (nSPS) is 17.7. The first-order valence-electron chi connectivity index (χ1n) is 10.6. The van der Waals surface area contributed by atoms with E-state index in [1.807, 2.05) is 17.9 Å². The number of nitrogens with zero attached hydrogens (tertiary/aromatic N) is 5. The molecule has 0 aliphatic carbocycles. The molecule has 0 spiro atoms. The summed E-state index contributed by atoms with van der Waals surface area (Å²) in [5, 5.41) is 12.0. The summed E-state index contributed by atoms with van der Waals surface area (Å²) in [7, 11) is 1.97. The van der Waals surface area contributed by atoms with Crippen LogP contribution in [0.25, 0.3) is 0 Å². The van der Waals surface area contributed by atoms with E-state index < -0.39 is 0 Å². The van der Waals surface area contributed by atoms with Gasteiger partial charge in [0.1, 0.15) is 6.54 Å². The van der Waals surface area contributed by atoms with E-state index in [1.54, 1.807) is 0 Å². The molecule has 1 aliphatic heterocycles. The average molecular weight is 387 g/mol. The van der Waals surface area contributed by atoms with Crippen LogP contribution >= 0.6 is 0 Å². The quantitative estimate of drug-likeness (QED) is 0.556. The molecule has 0 radical (unpaired) electrons. The molecule has 7 heteroatoms. The van der Waals surface area contributed by atoms with Gasteiger partial charge in [0.2, 0.25) is 0 Å². The fraction of sp³-hybridized carbons (Fsp3) is 0.667. The maximum atomic E-state index is 5.53. The molecule has 3 rings (SSSR count). The Morgan fingerprint density at radius 1 is 1.36 bits per heavy atom. The molecular weight excluding hydrogens is 352 g/mol. The summed E-state index contributed by atoms with van der Waals surface area (Å²) in [5.41, 5.74) is 2.37. The van der Waals surface area contributed by atoms with Crippen LogP contribution in [-0.4, -0.2) is 45.4 Å². The predicted octanol–water partition coefficient (Wildman–Crippen LogP) is 3.34. The lowest BCUT2D eigenvalue weighted by Crippen LogP contribution is -2.40. The second kappa shape index (κ2) is 9.75. The first-order chi connectivity index (χ1) is 13.6. The zero-order valence-electron chi connectivity index (χ0n) is 17.7. The Kier molecular flexibility index (Phi) is 7.12. The summed E-state index contributed by atoms with van der Waals surface area (Å²) in [6, 6.07) is 2.07. The first kappa shape index (κ1) is 20.4. The summed E-state index contributed by atoms with van der Waals surface area (Å²) in [4.78, 5) is 7.18. The average Bonchev–Trinajstić information content (AvgIpc) is 3.42. The molecule has 0 saturated carbocycles. The first-order valence-corrected chi connectivity index (χ1v) is 10.6. The second-order valence-electron chi connectivity index (χ2n) is 7.73. The Bertz CT molecular complexity index is 761. The number of aryl methyl sites for hydroxylation is 1. The van der Waals surface area contributed by atoms with Crippen molar-refractivity contribution in [2.24, 2.45) is 18.0 Å². The van der Waals surface area contributed by atoms with Gasteiger partial charge in [-0.3, -0.25) is 4.68 Å². The van der Waals surface area contributed by atoms with E-state index in [2.05, 4.69) is 53.5 Å². The van der Waals surface area contributed by atoms with Crippen LogP contribution in [0, 0.1) is 5.92 Å². The molecule has 1 saturated heterocycles. The van der Waals surface area contributed by atoms with Gasteiger partial charge < -0.3 is 14.7 Å². The van der Waals surface area contributed by atoms with Crippen molar-refractivity contribution in [3.8, 4) is 0 Å². The van der Waals surface area contributed by atoms with Gasteiger partial charge >= 0.3 is 0 Å². The van der Waals surface area contributed by atoms with E-state index in [4.69, 9.17) is 9.52 Å². The highest BCUT2D eigenvalue weighted by molar-refractivity contribution is 5.80. The Hall–Kier alpha value is -2.31. The molecule has 0 aromatic carbocycles. The van der Waals surface area contributed by atoms with E-state index in [0.29, 0.717) is 18.4 Å². The van der Waals surface area contributed by atoms with Crippen LogP contribution in [0.2, 0.25) is 0 Å². The monoisotopic (exact) mass is 386 g/mol. The highest BCUT2D eigenvalue weighted by atomic mass is 16.5. The maximum Gasteiger partial charge on any atom is 0.194 e. The third-order valence-corrected chi connectivity index (χ3v) is 5.57. The number of likely N-dealkylation sites (tertiary alicyclic amines) is 1. The van der Waals surface area contributed by atoms with Crippen LogP contribution in [0.5, 0.6) is 0 Å². The molecule has 3 heterocycles. The van der Waals surface area contributed by atoms with Gasteiger partial charge in [-0.2, -0.15) is 5.10 Å². The number of rotatable bonds is 8. The lowest BCUT2D eigenvalue weighted by molar-refractivity contribution is 0.371. The Morgan fingerprint density at radius 3 is 2.86 bits per heavy atom. The number of nitrogens with one attached hydrogen (secondary N) is 1. The third-order valence-electron chi connectivity index (χ3n) is 5.57. The molecule has 0 bridgehead atoms. The van der Waals surface area contributed by atoms with Gasteiger partial charge in [0.25, 0.3) is 0 Å². The number of aliphatic imine (C=N–C) groups is 1. The van der Waals surface area contributed by atoms with Gasteiger partial charge in [-0.25, -0.2) is 4.99 Å². The second-order valence-corrected chi connectivity index (χ2v) is 7.73. The van der Waals surface area contributed by atoms with Gasteiger partial charge in [0.15, 0.2) is 11.7 Å². The highest BCUT2D eigenvalue weighted by Gasteiger charge is 2.25. The van der Waals surface area contributed by atoms with E-state index in [0.717, 1.165) is 56.3 Å². The summed E-state index contributed by atoms with van der Waals surface area (Å²) >= 11 is 0. The van der Waals surface area contributed by atoms with E-state index in [1.165, 1.54) is 12.0 Å². The molecule has 154 valence electrons. The van der Waals surface area contributed by atoms with Crippen molar-refractivity contribution in [2.45, 2.75) is 58.9 Å². The smallest absolute Gasteiger partial charge is 0.194 e. The Balaban J connectivity index is 1.60. The van der Waals surface area contributed by atoms with Crippen molar-refractivity contribution in [3.05, 3.63) is 35.5 Å². The molecule has 28 heavy (non-hydrogen) atoms. The highest BCUT2D eigenvalue weighted by Crippen LogP contribution is 2.23. The summed E-state index contributed by atoms with van der Waals surface area (Å²) < 4.78 is 7.41. The molecule has 1 N–H and O–H groups in total. The van der Waals surface area contributed by atoms with E-state index >= 15 is 0 Å². The molecule has 2 aromatic heterocycles. The minimum Gasteiger partial charge on any atom is -0.359 e. The maximum absolute atomic E-state index is 5.53. The lowest BCUT2D eigenvalue weighted by Gasteiger charge is -2.21. The Morgan fingerprint density at radius 2 is 2.18 bits per heavy atom. The van der Waals surface area contributed by atoms with Crippen LogP contribution in [0.15, 0.2) is 28.0 Å². The van der Waals surface area contributed by atoms with Crippen LogP contribution < -0.4 is 5.32 Å². The number of guanidine groups is 1. The molecule has 1 fully saturated rings. The summed E-state index contributed by atoms with van der Waals surface area (Å²) in [6.07, 6.45) is 8.51. The topological polar surface area (TPSA) is 71.5 Å². The van der Waals surface area contributed by atoms with Crippen molar-refractivity contribution in [3.63, 3.8) is 0 Å². The molecule has 1 atom stereocenters. The van der Waals surface area contributed by atoms with Crippen LogP contribution in [0.4, 0.5) is 0 Å². The molecule has 0 amide bonds.